The van der Waals surface area contributed by atoms with Gasteiger partial charge in [-0.15, -0.1) is 0 Å². The molecule has 2 heterocycles. The number of anilines is 9. The average molecular weight is 896 g/mol. The van der Waals surface area contributed by atoms with E-state index < -0.39 is 0 Å². The molecule has 2 aliphatic rings. The average Bonchev–Trinajstić information content (AvgIpc) is 3.25. The predicted octanol–water partition coefficient (Wildman–Crippen LogP) is 16.3. The summed E-state index contributed by atoms with van der Waals surface area (Å²) in [6.07, 6.45) is 0. The fraction of sp³-hybridized carbons (Fsp3) is 0.344. The summed E-state index contributed by atoms with van der Waals surface area (Å²) < 4.78 is 0. The maximum atomic E-state index is 2.69. The molecule has 0 bridgehead atoms. The molecule has 0 radical (unpaired) electrons. The Kier molecular flexibility index (Phi) is 11.3. The second-order valence-electron chi connectivity index (χ2n) is 24.9. The second kappa shape index (κ2) is 16.3. The molecule has 0 aliphatic carbocycles. The lowest BCUT2D eigenvalue weighted by Gasteiger charge is -2.48. The van der Waals surface area contributed by atoms with Gasteiger partial charge in [-0.25, -0.2) is 0 Å². The quantitative estimate of drug-likeness (QED) is 0.159. The Morgan fingerprint density at radius 1 is 0.382 bits per heavy atom. The van der Waals surface area contributed by atoms with Gasteiger partial charge < -0.3 is 14.7 Å². The molecule has 0 spiro atoms. The topological polar surface area (TPSA) is 9.72 Å². The number of aryl methyl sites for hydroxylation is 2. The van der Waals surface area contributed by atoms with Gasteiger partial charge in [0.25, 0.3) is 6.71 Å². The van der Waals surface area contributed by atoms with E-state index >= 15 is 0 Å². The van der Waals surface area contributed by atoms with Crippen LogP contribution in [0.2, 0.25) is 0 Å². The molecule has 7 aromatic carbocycles. The third kappa shape index (κ3) is 8.06. The highest BCUT2D eigenvalue weighted by molar-refractivity contribution is 7.00. The van der Waals surface area contributed by atoms with Crippen molar-refractivity contribution in [3.05, 3.63) is 178 Å². The summed E-state index contributed by atoms with van der Waals surface area (Å²) in [7, 11) is 0. The molecule has 0 amide bonds. The minimum atomic E-state index is -0.152. The zero-order chi connectivity index (χ0) is 49.0. The Morgan fingerprint density at radius 3 is 1.22 bits per heavy atom. The lowest BCUT2D eigenvalue weighted by Crippen LogP contribution is -2.62. The minimum absolute atomic E-state index is 0.0202. The Morgan fingerprint density at radius 2 is 0.809 bits per heavy atom. The van der Waals surface area contributed by atoms with Crippen molar-refractivity contribution in [3.8, 4) is 0 Å². The van der Waals surface area contributed by atoms with E-state index in [1.165, 1.54) is 95.1 Å². The molecule has 3 nitrogen and oxygen atoms in total. The van der Waals surface area contributed by atoms with Gasteiger partial charge >= 0.3 is 0 Å². The molecule has 9 rings (SSSR count). The number of para-hydroxylation sites is 4. The lowest BCUT2D eigenvalue weighted by atomic mass is 9.33. The fourth-order valence-electron chi connectivity index (χ4n) is 11.1. The number of hydrogen-bond donors (Lipinski definition) is 0. The molecule has 0 N–H and O–H groups in total. The summed E-state index contributed by atoms with van der Waals surface area (Å²) in [6, 6.07) is 54.0. The van der Waals surface area contributed by atoms with Gasteiger partial charge in [0.2, 0.25) is 0 Å². The third-order valence-electron chi connectivity index (χ3n) is 14.5. The van der Waals surface area contributed by atoms with Crippen LogP contribution in [0.5, 0.6) is 0 Å². The highest BCUT2D eigenvalue weighted by atomic mass is 15.2. The SMILES string of the molecule is Cc1ccc(N(c2ccc(C(C)(C)C)cc2)c2cc3c4c(c2)N(c2ccccc2C(C)(C)C)c2c(cccc2C(C)(C)C)B4c2cccc(C(C)(C)C)c2N3c2ccccc2C(C)(C)C)c(C)c1. The molecular weight excluding hydrogens is 822 g/mol. The van der Waals surface area contributed by atoms with Crippen molar-refractivity contribution < 1.29 is 0 Å². The first kappa shape index (κ1) is 47.1. The number of fused-ring (bicyclic) bond motifs is 4. The summed E-state index contributed by atoms with van der Waals surface area (Å²) >= 11 is 0. The van der Waals surface area contributed by atoms with Crippen LogP contribution in [0.25, 0.3) is 0 Å². The zero-order valence-corrected chi connectivity index (χ0v) is 44.2. The second-order valence-corrected chi connectivity index (χ2v) is 24.9. The monoisotopic (exact) mass is 896 g/mol. The van der Waals surface area contributed by atoms with Crippen LogP contribution in [-0.2, 0) is 27.1 Å². The molecule has 4 heteroatoms. The molecule has 0 saturated heterocycles. The Hall–Kier alpha value is -6.00. The van der Waals surface area contributed by atoms with Crippen molar-refractivity contribution in [2.75, 3.05) is 14.7 Å². The Balaban J connectivity index is 1.52. The number of nitrogens with zero attached hydrogens (tertiary/aromatic N) is 3. The van der Waals surface area contributed by atoms with Gasteiger partial charge in [-0.05, 0) is 133 Å². The molecule has 2 aliphatic heterocycles. The van der Waals surface area contributed by atoms with E-state index in [1.54, 1.807) is 0 Å². The van der Waals surface area contributed by atoms with E-state index in [0.717, 1.165) is 11.4 Å². The summed E-state index contributed by atoms with van der Waals surface area (Å²) in [6.45, 7) is 39.8. The molecular formula is C64H74BN3. The number of rotatable bonds is 5. The van der Waals surface area contributed by atoms with E-state index in [2.05, 4.69) is 272 Å². The van der Waals surface area contributed by atoms with Crippen molar-refractivity contribution in [3.63, 3.8) is 0 Å². The Bertz CT molecular complexity index is 2920. The van der Waals surface area contributed by atoms with Crippen molar-refractivity contribution in [1.82, 2.24) is 0 Å². The summed E-state index contributed by atoms with van der Waals surface area (Å²) in [4.78, 5) is 7.90. The normalized spacial score (nSPS) is 13.9. The maximum absolute atomic E-state index is 2.69. The third-order valence-corrected chi connectivity index (χ3v) is 14.5. The Labute approximate surface area is 410 Å². The molecule has 348 valence electrons. The molecule has 0 aromatic heterocycles. The van der Waals surface area contributed by atoms with Crippen LogP contribution >= 0.6 is 0 Å². The van der Waals surface area contributed by atoms with E-state index in [0.29, 0.717) is 0 Å². The standard InChI is InChI=1S/C64H74BN3/c1-41-32-37-52(42(2)38-41)66(44-35-33-43(34-36-44)60(3,4)5)45-39-55-57-56(40-45)68(54-31-21-19-25-47(54)62(9,10)11)59-49(64(15,16)17)27-23-29-51(59)65(57)50-28-22-26-48(63(12,13)14)58(50)67(55)53-30-20-18-24-46(53)61(6,7)8/h18-40H,1-17H3. The van der Waals surface area contributed by atoms with Crippen molar-refractivity contribution >= 4 is 74.3 Å². The fourth-order valence-corrected chi connectivity index (χ4v) is 11.1. The number of benzene rings is 7. The van der Waals surface area contributed by atoms with Gasteiger partial charge in [-0.1, -0.05) is 206 Å². The van der Waals surface area contributed by atoms with Crippen molar-refractivity contribution in [2.24, 2.45) is 0 Å². The summed E-state index contributed by atoms with van der Waals surface area (Å²) in [5.74, 6) is 0. The van der Waals surface area contributed by atoms with E-state index in [-0.39, 0.29) is 33.8 Å². The van der Waals surface area contributed by atoms with Crippen molar-refractivity contribution in [1.29, 1.82) is 0 Å². The first-order valence-corrected chi connectivity index (χ1v) is 25.0. The van der Waals surface area contributed by atoms with Crippen LogP contribution < -0.4 is 31.1 Å². The van der Waals surface area contributed by atoms with Gasteiger partial charge in [0.1, 0.15) is 0 Å². The van der Waals surface area contributed by atoms with Gasteiger partial charge in [-0.3, -0.25) is 0 Å². The predicted molar refractivity (Wildman–Crippen MR) is 298 cm³/mol. The smallest absolute Gasteiger partial charge is 0.252 e. The highest BCUT2D eigenvalue weighted by Gasteiger charge is 2.47. The molecule has 0 atom stereocenters. The highest BCUT2D eigenvalue weighted by Crippen LogP contribution is 2.53. The van der Waals surface area contributed by atoms with Crippen LogP contribution in [0, 0.1) is 13.8 Å². The number of hydrogen-bond acceptors (Lipinski definition) is 3. The molecule has 68 heavy (non-hydrogen) atoms. The van der Waals surface area contributed by atoms with Gasteiger partial charge in [0.15, 0.2) is 0 Å². The molecule has 7 aromatic rings. The molecule has 0 fully saturated rings. The van der Waals surface area contributed by atoms with Gasteiger partial charge in [-0.2, -0.15) is 0 Å². The van der Waals surface area contributed by atoms with Crippen LogP contribution in [-0.4, -0.2) is 6.71 Å². The summed E-state index contributed by atoms with van der Waals surface area (Å²) in [5, 5.41) is 0. The largest absolute Gasteiger partial charge is 0.311 e. The van der Waals surface area contributed by atoms with E-state index in [9.17, 15) is 0 Å². The molecule has 0 unspecified atom stereocenters. The van der Waals surface area contributed by atoms with Gasteiger partial charge in [0.05, 0.1) is 5.69 Å². The van der Waals surface area contributed by atoms with Crippen LogP contribution in [0.15, 0.2) is 140 Å². The summed E-state index contributed by atoms with van der Waals surface area (Å²) in [5.41, 5.74) is 23.5. The van der Waals surface area contributed by atoms with Crippen molar-refractivity contribution in [2.45, 2.75) is 145 Å². The van der Waals surface area contributed by atoms with E-state index in [1.807, 2.05) is 0 Å². The van der Waals surface area contributed by atoms with E-state index in [4.69, 9.17) is 0 Å². The zero-order valence-electron chi connectivity index (χ0n) is 44.2. The molecule has 0 saturated carbocycles. The minimum Gasteiger partial charge on any atom is -0.311 e. The first-order chi connectivity index (χ1) is 31.8. The van der Waals surface area contributed by atoms with Crippen LogP contribution in [0.3, 0.4) is 0 Å². The van der Waals surface area contributed by atoms with Crippen LogP contribution in [0.1, 0.15) is 143 Å². The van der Waals surface area contributed by atoms with Crippen LogP contribution in [0.4, 0.5) is 51.2 Å². The maximum Gasteiger partial charge on any atom is 0.252 e. The van der Waals surface area contributed by atoms with Gasteiger partial charge in [0, 0.05) is 45.5 Å². The lowest BCUT2D eigenvalue weighted by molar-refractivity contribution is 0.587. The first-order valence-electron chi connectivity index (χ1n) is 25.0.